The average Bonchev–Trinajstić information content (AvgIpc) is 2.82. The molecule has 0 saturated heterocycles. The number of furan rings is 1. The third-order valence-electron chi connectivity index (χ3n) is 2.91. The maximum atomic E-state index is 6.17. The van der Waals surface area contributed by atoms with E-state index in [0.717, 1.165) is 16.1 Å². The van der Waals surface area contributed by atoms with Crippen molar-refractivity contribution in [1.82, 2.24) is 5.32 Å². The lowest BCUT2D eigenvalue weighted by atomic mass is 10.1. The topological polar surface area (TPSA) is 25.2 Å². The van der Waals surface area contributed by atoms with Crippen molar-refractivity contribution in [3.8, 4) is 0 Å². The molecule has 2 atom stereocenters. The molecule has 0 bridgehead atoms. The Bertz CT molecular complexity index is 467. The van der Waals surface area contributed by atoms with Gasteiger partial charge in [0, 0.05) is 22.7 Å². The molecular formula is C14H16ClNO. The summed E-state index contributed by atoms with van der Waals surface area (Å²) in [5.74, 6) is 0. The number of benzene rings is 1. The molecule has 0 fully saturated rings. The van der Waals surface area contributed by atoms with Crippen LogP contribution in [0.1, 0.15) is 37.1 Å². The van der Waals surface area contributed by atoms with Gasteiger partial charge < -0.3 is 9.73 Å². The van der Waals surface area contributed by atoms with Crippen molar-refractivity contribution >= 4 is 11.6 Å². The molecule has 1 aromatic heterocycles. The summed E-state index contributed by atoms with van der Waals surface area (Å²) in [5.41, 5.74) is 2.26. The van der Waals surface area contributed by atoms with Crippen molar-refractivity contribution in [1.29, 1.82) is 0 Å². The Morgan fingerprint density at radius 2 is 1.88 bits per heavy atom. The molecule has 2 nitrogen and oxygen atoms in total. The van der Waals surface area contributed by atoms with Gasteiger partial charge in [0.05, 0.1) is 12.5 Å². The van der Waals surface area contributed by atoms with Crippen LogP contribution in [0, 0.1) is 0 Å². The van der Waals surface area contributed by atoms with Crippen LogP contribution >= 0.6 is 11.6 Å². The van der Waals surface area contributed by atoms with E-state index in [1.165, 1.54) is 0 Å². The zero-order chi connectivity index (χ0) is 12.3. The van der Waals surface area contributed by atoms with Crippen LogP contribution in [0.15, 0.2) is 47.3 Å². The lowest BCUT2D eigenvalue weighted by molar-refractivity contribution is 0.486. The normalized spacial score (nSPS) is 14.5. The van der Waals surface area contributed by atoms with Crippen LogP contribution in [0.25, 0.3) is 0 Å². The quantitative estimate of drug-likeness (QED) is 0.872. The van der Waals surface area contributed by atoms with E-state index < -0.39 is 0 Å². The van der Waals surface area contributed by atoms with Crippen LogP contribution in [0.5, 0.6) is 0 Å². The highest BCUT2D eigenvalue weighted by atomic mass is 35.5. The first kappa shape index (κ1) is 12.2. The summed E-state index contributed by atoms with van der Waals surface area (Å²) in [6, 6.07) is 10.3. The number of rotatable bonds is 4. The lowest BCUT2D eigenvalue weighted by Crippen LogP contribution is -2.22. The van der Waals surface area contributed by atoms with E-state index in [1.54, 1.807) is 12.5 Å². The lowest BCUT2D eigenvalue weighted by Gasteiger charge is -2.20. The van der Waals surface area contributed by atoms with Crippen LogP contribution in [0.4, 0.5) is 0 Å². The second-order valence-corrected chi connectivity index (χ2v) is 4.60. The van der Waals surface area contributed by atoms with Gasteiger partial charge in [0.2, 0.25) is 0 Å². The molecule has 17 heavy (non-hydrogen) atoms. The molecule has 0 saturated carbocycles. The van der Waals surface area contributed by atoms with Crippen molar-refractivity contribution in [3.63, 3.8) is 0 Å². The van der Waals surface area contributed by atoms with Gasteiger partial charge in [-0.05, 0) is 31.5 Å². The first-order valence-electron chi connectivity index (χ1n) is 5.71. The highest BCUT2D eigenvalue weighted by molar-refractivity contribution is 6.31. The average molecular weight is 250 g/mol. The Kier molecular flexibility index (Phi) is 3.87. The highest BCUT2D eigenvalue weighted by Crippen LogP contribution is 2.25. The molecule has 0 aliphatic heterocycles. The molecule has 0 amide bonds. The van der Waals surface area contributed by atoms with Crippen LogP contribution in [-0.4, -0.2) is 0 Å². The summed E-state index contributed by atoms with van der Waals surface area (Å²) in [6.45, 7) is 4.22. The van der Waals surface area contributed by atoms with Crippen molar-refractivity contribution in [2.24, 2.45) is 0 Å². The molecule has 2 aromatic rings. The van der Waals surface area contributed by atoms with Gasteiger partial charge in [-0.3, -0.25) is 0 Å². The van der Waals surface area contributed by atoms with Crippen LogP contribution in [0.2, 0.25) is 5.02 Å². The summed E-state index contributed by atoms with van der Waals surface area (Å²) < 4.78 is 5.08. The van der Waals surface area contributed by atoms with Crippen LogP contribution < -0.4 is 5.32 Å². The number of nitrogens with one attached hydrogen (secondary N) is 1. The molecule has 3 heteroatoms. The van der Waals surface area contributed by atoms with E-state index in [9.17, 15) is 0 Å². The fraction of sp³-hybridized carbons (Fsp3) is 0.286. The van der Waals surface area contributed by atoms with Crippen molar-refractivity contribution in [3.05, 3.63) is 59.0 Å². The van der Waals surface area contributed by atoms with E-state index in [-0.39, 0.29) is 12.1 Å². The number of hydrogen-bond donors (Lipinski definition) is 1. The van der Waals surface area contributed by atoms with Crippen molar-refractivity contribution in [2.75, 3.05) is 0 Å². The minimum atomic E-state index is 0.202. The van der Waals surface area contributed by atoms with E-state index in [4.69, 9.17) is 16.0 Å². The van der Waals surface area contributed by atoms with E-state index in [1.807, 2.05) is 30.3 Å². The first-order valence-corrected chi connectivity index (χ1v) is 6.09. The minimum absolute atomic E-state index is 0.202. The predicted octanol–water partition coefficient (Wildman–Crippen LogP) is 4.34. The molecule has 1 N–H and O–H groups in total. The summed E-state index contributed by atoms with van der Waals surface area (Å²) >= 11 is 6.17. The smallest absolute Gasteiger partial charge is 0.0950 e. The van der Waals surface area contributed by atoms with E-state index >= 15 is 0 Å². The Labute approximate surface area is 107 Å². The van der Waals surface area contributed by atoms with Crippen LogP contribution in [0.3, 0.4) is 0 Å². The maximum Gasteiger partial charge on any atom is 0.0950 e. The third-order valence-corrected chi connectivity index (χ3v) is 3.26. The Morgan fingerprint density at radius 1 is 1.12 bits per heavy atom. The monoisotopic (exact) mass is 249 g/mol. The molecule has 1 aromatic carbocycles. The van der Waals surface area contributed by atoms with Gasteiger partial charge in [-0.2, -0.15) is 0 Å². The SMILES string of the molecule is CC(N[C@H](C)c1ccccc1Cl)c1ccoc1. The van der Waals surface area contributed by atoms with Gasteiger partial charge in [-0.25, -0.2) is 0 Å². The fourth-order valence-electron chi connectivity index (χ4n) is 1.91. The van der Waals surface area contributed by atoms with E-state index in [0.29, 0.717) is 0 Å². The van der Waals surface area contributed by atoms with Gasteiger partial charge in [-0.1, -0.05) is 29.8 Å². The second-order valence-electron chi connectivity index (χ2n) is 4.19. The summed E-state index contributed by atoms with van der Waals surface area (Å²) in [5, 5.41) is 4.29. The zero-order valence-corrected chi connectivity index (χ0v) is 10.7. The van der Waals surface area contributed by atoms with Gasteiger partial charge in [0.1, 0.15) is 0 Å². The largest absolute Gasteiger partial charge is 0.472 e. The van der Waals surface area contributed by atoms with Crippen molar-refractivity contribution in [2.45, 2.75) is 25.9 Å². The fourth-order valence-corrected chi connectivity index (χ4v) is 2.21. The Morgan fingerprint density at radius 3 is 2.53 bits per heavy atom. The van der Waals surface area contributed by atoms with Crippen LogP contribution in [-0.2, 0) is 0 Å². The first-order chi connectivity index (χ1) is 8.18. The molecule has 90 valence electrons. The maximum absolute atomic E-state index is 6.17. The van der Waals surface area contributed by atoms with Crippen molar-refractivity contribution < 1.29 is 4.42 Å². The predicted molar refractivity (Wildman–Crippen MR) is 70.1 cm³/mol. The van der Waals surface area contributed by atoms with E-state index in [2.05, 4.69) is 19.2 Å². The molecule has 1 heterocycles. The van der Waals surface area contributed by atoms with Gasteiger partial charge in [0.25, 0.3) is 0 Å². The standard InChI is InChI=1S/C14H16ClNO/c1-10(12-7-8-17-9-12)16-11(2)13-5-3-4-6-14(13)15/h3-11,16H,1-2H3/t10?,11-/m1/s1. The molecule has 0 spiro atoms. The zero-order valence-electron chi connectivity index (χ0n) is 9.98. The Balaban J connectivity index is 2.07. The molecule has 2 rings (SSSR count). The number of halogens is 1. The Hall–Kier alpha value is -1.25. The molecule has 0 aliphatic rings. The summed E-state index contributed by atoms with van der Waals surface area (Å²) in [6.07, 6.45) is 3.45. The molecule has 0 radical (unpaired) electrons. The third kappa shape index (κ3) is 2.90. The second kappa shape index (κ2) is 5.39. The van der Waals surface area contributed by atoms with Gasteiger partial charge in [0.15, 0.2) is 0 Å². The summed E-state index contributed by atoms with van der Waals surface area (Å²) in [7, 11) is 0. The highest BCUT2D eigenvalue weighted by Gasteiger charge is 2.13. The minimum Gasteiger partial charge on any atom is -0.472 e. The number of hydrogen-bond acceptors (Lipinski definition) is 2. The van der Waals surface area contributed by atoms with Gasteiger partial charge >= 0.3 is 0 Å². The molecular weight excluding hydrogens is 234 g/mol. The molecule has 1 unspecified atom stereocenters. The summed E-state index contributed by atoms with van der Waals surface area (Å²) in [4.78, 5) is 0. The van der Waals surface area contributed by atoms with Gasteiger partial charge in [-0.15, -0.1) is 0 Å². The molecule has 0 aliphatic carbocycles.